The number of piperidine rings is 2. The summed E-state index contributed by atoms with van der Waals surface area (Å²) in [7, 11) is 2.22. The van der Waals surface area contributed by atoms with E-state index in [1.54, 1.807) is 24.3 Å². The lowest BCUT2D eigenvalue weighted by atomic mass is 9.71. The van der Waals surface area contributed by atoms with Crippen LogP contribution in [0.2, 0.25) is 0 Å². The van der Waals surface area contributed by atoms with Crippen molar-refractivity contribution in [1.82, 2.24) is 14.9 Å². The summed E-state index contributed by atoms with van der Waals surface area (Å²) >= 11 is 0. The number of nitrogens with zero attached hydrogens (tertiary/aromatic N) is 4. The number of benzene rings is 2. The Labute approximate surface area is 247 Å². The van der Waals surface area contributed by atoms with Crippen molar-refractivity contribution in [3.05, 3.63) is 72.6 Å². The van der Waals surface area contributed by atoms with Crippen molar-refractivity contribution in [2.24, 2.45) is 11.1 Å². The number of rotatable bonds is 9. The van der Waals surface area contributed by atoms with E-state index in [2.05, 4.69) is 56.2 Å². The number of ether oxygens (including phenoxy) is 1. The quantitative estimate of drug-likeness (QED) is 0.304. The van der Waals surface area contributed by atoms with E-state index in [0.717, 1.165) is 18.8 Å². The molecule has 3 heterocycles. The van der Waals surface area contributed by atoms with Gasteiger partial charge in [0.1, 0.15) is 11.4 Å². The molecular weight excluding hydrogens is 530 g/mol. The van der Waals surface area contributed by atoms with Gasteiger partial charge in [-0.25, -0.2) is 4.98 Å². The summed E-state index contributed by atoms with van der Waals surface area (Å²) in [6.07, 6.45) is 6.72. The number of anilines is 4. The number of likely N-dealkylation sites (tertiary alicyclic amines) is 1. The molecule has 0 saturated carbocycles. The van der Waals surface area contributed by atoms with Crippen LogP contribution in [0.25, 0.3) is 0 Å². The van der Waals surface area contributed by atoms with Crippen molar-refractivity contribution < 1.29 is 14.3 Å². The summed E-state index contributed by atoms with van der Waals surface area (Å²) in [6.45, 7) is 9.88. The Morgan fingerprint density at radius 2 is 1.71 bits per heavy atom. The molecule has 0 unspecified atom stereocenters. The molecule has 0 atom stereocenters. The number of nitrogens with one attached hydrogen (secondary N) is 2. The van der Waals surface area contributed by atoms with Crippen molar-refractivity contribution in [3.63, 3.8) is 0 Å². The van der Waals surface area contributed by atoms with Crippen LogP contribution in [-0.4, -0.2) is 59.9 Å². The van der Waals surface area contributed by atoms with Gasteiger partial charge in [0.05, 0.1) is 0 Å². The molecule has 5 rings (SSSR count). The van der Waals surface area contributed by atoms with Crippen molar-refractivity contribution in [3.8, 4) is 11.6 Å². The largest absolute Gasteiger partial charge is 0.437 e. The molecule has 1 spiro atoms. The number of hydrogen-bond donors (Lipinski definition) is 3. The maximum Gasteiger partial charge on any atom is 0.271 e. The van der Waals surface area contributed by atoms with Crippen LogP contribution in [0, 0.1) is 5.41 Å². The second kappa shape index (κ2) is 12.6. The first-order valence-corrected chi connectivity index (χ1v) is 14.5. The normalized spacial score (nSPS) is 16.6. The van der Waals surface area contributed by atoms with Gasteiger partial charge in [0.2, 0.25) is 11.8 Å². The molecule has 1 aromatic heterocycles. The van der Waals surface area contributed by atoms with Crippen LogP contribution in [-0.2, 0) is 11.2 Å². The lowest BCUT2D eigenvalue weighted by Gasteiger charge is -2.46. The van der Waals surface area contributed by atoms with Gasteiger partial charge >= 0.3 is 0 Å². The van der Waals surface area contributed by atoms with Gasteiger partial charge in [-0.05, 0) is 100 Å². The summed E-state index contributed by atoms with van der Waals surface area (Å²) in [5.74, 6) is -0.114. The number of primary amides is 1. The van der Waals surface area contributed by atoms with Gasteiger partial charge in [0.15, 0.2) is 11.5 Å². The van der Waals surface area contributed by atoms with Crippen LogP contribution in [0.1, 0.15) is 48.8 Å². The maximum absolute atomic E-state index is 12.3. The highest BCUT2D eigenvalue weighted by Crippen LogP contribution is 2.42. The van der Waals surface area contributed by atoms with Crippen LogP contribution >= 0.6 is 0 Å². The van der Waals surface area contributed by atoms with E-state index >= 15 is 0 Å². The number of aryl methyl sites for hydroxylation is 1. The Hall–Kier alpha value is -4.44. The lowest BCUT2D eigenvalue weighted by molar-refractivity contribution is -0.111. The number of aromatic nitrogens is 2. The summed E-state index contributed by atoms with van der Waals surface area (Å²) in [5, 5.41) is 5.92. The van der Waals surface area contributed by atoms with Gasteiger partial charge in [0, 0.05) is 36.2 Å². The zero-order chi connectivity index (χ0) is 29.7. The highest BCUT2D eigenvalue weighted by atomic mass is 16.5. The molecule has 2 saturated heterocycles. The third-order valence-electron chi connectivity index (χ3n) is 8.37. The van der Waals surface area contributed by atoms with Gasteiger partial charge in [0.25, 0.3) is 5.91 Å². The fraction of sp³-hybridized carbons (Fsp3) is 0.375. The van der Waals surface area contributed by atoms with Crippen LogP contribution < -0.4 is 26.0 Å². The lowest BCUT2D eigenvalue weighted by Crippen LogP contribution is -2.46. The van der Waals surface area contributed by atoms with Gasteiger partial charge in [-0.2, -0.15) is 4.98 Å². The molecule has 42 heavy (non-hydrogen) atoms. The van der Waals surface area contributed by atoms with Crippen LogP contribution in [0.15, 0.2) is 61.2 Å². The fourth-order valence-electron chi connectivity index (χ4n) is 5.69. The topological polar surface area (TPSA) is 126 Å². The van der Waals surface area contributed by atoms with E-state index in [4.69, 9.17) is 10.5 Å². The third kappa shape index (κ3) is 6.71. The molecule has 220 valence electrons. The Morgan fingerprint density at radius 3 is 2.36 bits per heavy atom. The Bertz CT molecular complexity index is 1440. The van der Waals surface area contributed by atoms with Gasteiger partial charge < -0.3 is 30.9 Å². The zero-order valence-corrected chi connectivity index (χ0v) is 24.4. The van der Waals surface area contributed by atoms with Gasteiger partial charge in [-0.15, -0.1) is 0 Å². The molecule has 2 amide bonds. The SMILES string of the molecule is C=CC(=O)Nc1cccc(Oc2nc(Nc3ccc(N4CCC5(CCN(C)CC5)CC4)cc3)c(C(N)=O)nc2CC)c1. The molecule has 0 bridgehead atoms. The number of carbonyl (C=O) groups excluding carboxylic acids is 2. The Morgan fingerprint density at radius 1 is 1.02 bits per heavy atom. The number of amides is 2. The fourth-order valence-corrected chi connectivity index (χ4v) is 5.69. The maximum atomic E-state index is 12.3. The number of hydrogen-bond acceptors (Lipinski definition) is 8. The Balaban J connectivity index is 1.31. The van der Waals surface area contributed by atoms with Crippen molar-refractivity contribution >= 4 is 34.7 Å². The number of carbonyl (C=O) groups is 2. The molecule has 0 aliphatic carbocycles. The van der Waals surface area contributed by atoms with E-state index in [0.29, 0.717) is 29.0 Å². The minimum atomic E-state index is -0.687. The monoisotopic (exact) mass is 569 g/mol. The highest BCUT2D eigenvalue weighted by Gasteiger charge is 2.36. The van der Waals surface area contributed by atoms with E-state index in [1.165, 1.54) is 50.5 Å². The predicted octanol–water partition coefficient (Wildman–Crippen LogP) is 5.11. The van der Waals surface area contributed by atoms with Crippen molar-refractivity contribution in [2.75, 3.05) is 48.8 Å². The summed E-state index contributed by atoms with van der Waals surface area (Å²) < 4.78 is 6.07. The molecule has 2 aromatic carbocycles. The van der Waals surface area contributed by atoms with Gasteiger partial charge in [-0.3, -0.25) is 9.59 Å². The Kier molecular flexibility index (Phi) is 8.72. The first kappa shape index (κ1) is 29.1. The first-order chi connectivity index (χ1) is 20.3. The zero-order valence-electron chi connectivity index (χ0n) is 24.4. The minimum absolute atomic E-state index is 0.0368. The van der Waals surface area contributed by atoms with Crippen LogP contribution in [0.3, 0.4) is 0 Å². The number of nitrogens with two attached hydrogens (primary N) is 1. The standard InChI is InChI=1S/C32H39N7O3/c1-4-26-31(42-25-8-6-7-23(21-25)34-27(40)5-2)37-30(28(36-26)29(33)41)35-22-9-11-24(12-10-22)39-19-15-32(16-20-39)13-17-38(3)18-14-32/h5-12,21H,2,4,13-20H2,1,3H3,(H2,33,41)(H,34,40)(H,35,37). The molecule has 0 radical (unpaired) electrons. The van der Waals surface area contributed by atoms with Crippen LogP contribution in [0.5, 0.6) is 11.6 Å². The first-order valence-electron chi connectivity index (χ1n) is 14.5. The van der Waals surface area contributed by atoms with E-state index in [9.17, 15) is 9.59 Å². The molecule has 10 heteroatoms. The summed E-state index contributed by atoms with van der Waals surface area (Å²) in [6, 6.07) is 15.0. The average Bonchev–Trinajstić information content (AvgIpc) is 3.00. The van der Waals surface area contributed by atoms with Crippen molar-refractivity contribution in [2.45, 2.75) is 39.0 Å². The smallest absolute Gasteiger partial charge is 0.271 e. The average molecular weight is 570 g/mol. The predicted molar refractivity (Wildman–Crippen MR) is 166 cm³/mol. The minimum Gasteiger partial charge on any atom is -0.437 e. The van der Waals surface area contributed by atoms with E-state index < -0.39 is 5.91 Å². The molecule has 2 aliphatic rings. The molecule has 3 aromatic rings. The molecule has 2 fully saturated rings. The van der Waals surface area contributed by atoms with Gasteiger partial charge in [-0.1, -0.05) is 19.6 Å². The second-order valence-corrected chi connectivity index (χ2v) is 11.2. The van der Waals surface area contributed by atoms with Crippen molar-refractivity contribution in [1.29, 1.82) is 0 Å². The van der Waals surface area contributed by atoms with E-state index in [1.807, 2.05) is 19.1 Å². The molecular formula is C32H39N7O3. The molecule has 4 N–H and O–H groups in total. The van der Waals surface area contributed by atoms with E-state index in [-0.39, 0.29) is 23.3 Å². The highest BCUT2D eigenvalue weighted by molar-refractivity contribution is 5.99. The second-order valence-electron chi connectivity index (χ2n) is 11.2. The third-order valence-corrected chi connectivity index (χ3v) is 8.37. The summed E-state index contributed by atoms with van der Waals surface area (Å²) in [4.78, 5) is 38.0. The molecule has 10 nitrogen and oxygen atoms in total. The molecule has 2 aliphatic heterocycles. The van der Waals surface area contributed by atoms with Crippen LogP contribution in [0.4, 0.5) is 22.9 Å². The summed E-state index contributed by atoms with van der Waals surface area (Å²) in [5.41, 5.74) is 9.18.